The number of carbonyl (C=O) groups excluding carboxylic acids is 1. The van der Waals surface area contributed by atoms with Gasteiger partial charge >= 0.3 is 11.1 Å². The highest BCUT2D eigenvalue weighted by Crippen LogP contribution is 2.27. The zero-order chi connectivity index (χ0) is 20.3. The molecule has 3 aromatic rings. The first-order valence-electron chi connectivity index (χ1n) is 8.49. The first-order valence-corrected chi connectivity index (χ1v) is 9.81. The van der Waals surface area contributed by atoms with Crippen LogP contribution in [0.1, 0.15) is 16.8 Å². The van der Waals surface area contributed by atoms with Gasteiger partial charge in [0, 0.05) is 41.7 Å². The maximum absolute atomic E-state index is 12.8. The Hall–Kier alpha value is -2.62. The summed E-state index contributed by atoms with van der Waals surface area (Å²) < 4.78 is 28.1. The van der Waals surface area contributed by atoms with E-state index in [0.29, 0.717) is 27.6 Å². The van der Waals surface area contributed by atoms with Crippen molar-refractivity contribution in [2.24, 2.45) is 0 Å². The van der Waals surface area contributed by atoms with E-state index in [1.807, 2.05) is 13.8 Å². The highest BCUT2D eigenvalue weighted by molar-refractivity contribution is 7.90. The molecule has 8 nitrogen and oxygen atoms in total. The summed E-state index contributed by atoms with van der Waals surface area (Å²) in [7, 11) is 3.02. The standard InChI is InChI=1S/C19H21N3O5S/c1-11-8-20-16(12(2)18(11)26-4)10-28(24)19-21-14-6-5-13(7-15(14)22-19)27-17(23)9-25-3/h5-8H,9-10H2,1-4H3,(H,21,22). The van der Waals surface area contributed by atoms with Crippen molar-refractivity contribution in [2.45, 2.75) is 24.8 Å². The molecule has 1 aromatic carbocycles. The Bertz CT molecular complexity index is 1000. The number of nitrogens with zero attached hydrogens (tertiary/aromatic N) is 2. The van der Waals surface area contributed by atoms with Crippen LogP contribution in [-0.4, -0.2) is 46.3 Å². The van der Waals surface area contributed by atoms with Crippen molar-refractivity contribution < 1.29 is 23.6 Å². The molecule has 0 bridgehead atoms. The molecule has 0 saturated carbocycles. The SMILES string of the molecule is COCC(=O)Oc1ccc2[nH]c([S+]([O-])Cc3ncc(C)c(OC)c3C)nc2c1. The number of aryl methyl sites for hydroxylation is 1. The smallest absolute Gasteiger partial charge is 0.337 e. The minimum absolute atomic E-state index is 0.139. The summed E-state index contributed by atoms with van der Waals surface area (Å²) in [5.74, 6) is 0.794. The molecule has 1 unspecified atom stereocenters. The lowest BCUT2D eigenvalue weighted by atomic mass is 10.1. The fraction of sp³-hybridized carbons (Fsp3) is 0.316. The lowest BCUT2D eigenvalue weighted by molar-refractivity contribution is -0.138. The van der Waals surface area contributed by atoms with Gasteiger partial charge in [-0.1, -0.05) is 0 Å². The van der Waals surface area contributed by atoms with Crippen LogP contribution in [0.3, 0.4) is 0 Å². The van der Waals surface area contributed by atoms with Crippen LogP contribution in [0.15, 0.2) is 29.6 Å². The minimum Gasteiger partial charge on any atom is -0.609 e. The first kappa shape index (κ1) is 20.1. The number of rotatable bonds is 7. The largest absolute Gasteiger partial charge is 0.609 e. The Morgan fingerprint density at radius 3 is 2.79 bits per heavy atom. The van der Waals surface area contributed by atoms with Crippen molar-refractivity contribution in [1.82, 2.24) is 15.0 Å². The fourth-order valence-electron chi connectivity index (χ4n) is 2.82. The zero-order valence-electron chi connectivity index (χ0n) is 16.1. The number of pyridine rings is 1. The van der Waals surface area contributed by atoms with Gasteiger partial charge in [0.15, 0.2) is 5.75 Å². The Morgan fingerprint density at radius 1 is 1.29 bits per heavy atom. The lowest BCUT2D eigenvalue weighted by Gasteiger charge is -2.13. The lowest BCUT2D eigenvalue weighted by Crippen LogP contribution is -2.13. The summed E-state index contributed by atoms with van der Waals surface area (Å²) in [4.78, 5) is 23.3. The molecule has 0 radical (unpaired) electrons. The molecule has 3 rings (SSSR count). The maximum atomic E-state index is 12.8. The van der Waals surface area contributed by atoms with Gasteiger partial charge in [0.25, 0.3) is 0 Å². The predicted molar refractivity (Wildman–Crippen MR) is 104 cm³/mol. The van der Waals surface area contributed by atoms with Crippen LogP contribution in [0.25, 0.3) is 11.0 Å². The second kappa shape index (κ2) is 8.59. The normalized spacial score (nSPS) is 12.2. The van der Waals surface area contributed by atoms with Crippen LogP contribution in [-0.2, 0) is 26.5 Å². The summed E-state index contributed by atoms with van der Waals surface area (Å²) in [6.07, 6.45) is 1.71. The van der Waals surface area contributed by atoms with Crippen LogP contribution in [0.2, 0.25) is 0 Å². The first-order chi connectivity index (χ1) is 13.4. The van der Waals surface area contributed by atoms with Gasteiger partial charge in [-0.25, -0.2) is 4.79 Å². The molecule has 148 valence electrons. The van der Waals surface area contributed by atoms with Gasteiger partial charge in [-0.2, -0.15) is 4.98 Å². The van der Waals surface area contributed by atoms with Gasteiger partial charge in [0.1, 0.15) is 18.1 Å². The summed E-state index contributed by atoms with van der Waals surface area (Å²) in [6.45, 7) is 3.67. The van der Waals surface area contributed by atoms with Crippen LogP contribution in [0.5, 0.6) is 11.5 Å². The molecule has 0 aliphatic heterocycles. The number of ether oxygens (including phenoxy) is 3. The number of nitrogens with one attached hydrogen (secondary N) is 1. The number of methoxy groups -OCH3 is 2. The number of hydrogen-bond acceptors (Lipinski definition) is 7. The van der Waals surface area contributed by atoms with Gasteiger partial charge in [0.05, 0.1) is 23.8 Å². The maximum Gasteiger partial charge on any atom is 0.337 e. The van der Waals surface area contributed by atoms with Crippen molar-refractivity contribution in [2.75, 3.05) is 20.8 Å². The van der Waals surface area contributed by atoms with E-state index >= 15 is 0 Å². The molecule has 0 fully saturated rings. The molecule has 9 heteroatoms. The molecule has 28 heavy (non-hydrogen) atoms. The Labute approximate surface area is 165 Å². The molecule has 2 heterocycles. The van der Waals surface area contributed by atoms with E-state index in [2.05, 4.69) is 15.0 Å². The van der Waals surface area contributed by atoms with Gasteiger partial charge in [-0.05, 0) is 26.0 Å². The van der Waals surface area contributed by atoms with Crippen molar-refractivity contribution in [3.05, 3.63) is 41.2 Å². The van der Waals surface area contributed by atoms with E-state index in [1.54, 1.807) is 31.5 Å². The number of carbonyl (C=O) groups is 1. The van der Waals surface area contributed by atoms with Gasteiger partial charge < -0.3 is 18.8 Å². The monoisotopic (exact) mass is 403 g/mol. The van der Waals surface area contributed by atoms with Crippen LogP contribution < -0.4 is 9.47 Å². The zero-order valence-corrected chi connectivity index (χ0v) is 16.9. The molecule has 1 N–H and O–H groups in total. The second-order valence-electron chi connectivity index (χ2n) is 6.16. The molecule has 0 amide bonds. The van der Waals surface area contributed by atoms with Gasteiger partial charge in [0.2, 0.25) is 0 Å². The quantitative estimate of drug-likeness (QED) is 0.366. The average Bonchev–Trinajstić information content (AvgIpc) is 3.08. The van der Waals surface area contributed by atoms with Crippen LogP contribution >= 0.6 is 0 Å². The third-order valence-corrected chi connectivity index (χ3v) is 5.32. The summed E-state index contributed by atoms with van der Waals surface area (Å²) in [5.41, 5.74) is 3.72. The molecule has 0 spiro atoms. The van der Waals surface area contributed by atoms with E-state index < -0.39 is 17.1 Å². The molecule has 2 aromatic heterocycles. The molecular formula is C19H21N3O5S. The number of fused-ring (bicyclic) bond motifs is 1. The highest BCUT2D eigenvalue weighted by atomic mass is 32.2. The van der Waals surface area contributed by atoms with Crippen LogP contribution in [0.4, 0.5) is 0 Å². The number of benzene rings is 1. The minimum atomic E-state index is -1.43. The number of H-pyrrole nitrogens is 1. The van der Waals surface area contributed by atoms with Crippen LogP contribution in [0, 0.1) is 13.8 Å². The number of esters is 1. The summed E-state index contributed by atoms with van der Waals surface area (Å²) >= 11 is -1.43. The molecular weight excluding hydrogens is 382 g/mol. The highest BCUT2D eigenvalue weighted by Gasteiger charge is 2.21. The van der Waals surface area contributed by atoms with E-state index in [1.165, 1.54) is 7.11 Å². The van der Waals surface area contributed by atoms with E-state index in [4.69, 9.17) is 14.2 Å². The molecule has 1 atom stereocenters. The Balaban J connectivity index is 1.81. The number of aromatic nitrogens is 3. The summed E-state index contributed by atoms with van der Waals surface area (Å²) in [5, 5.41) is 0.330. The molecule has 0 saturated heterocycles. The topological polar surface area (TPSA) is 109 Å². The van der Waals surface area contributed by atoms with Gasteiger partial charge in [-0.3, -0.25) is 9.97 Å². The van der Waals surface area contributed by atoms with Crippen molar-refractivity contribution >= 4 is 28.2 Å². The second-order valence-corrected chi connectivity index (χ2v) is 7.53. The number of imidazole rings is 1. The third-order valence-electron chi connectivity index (χ3n) is 4.16. The summed E-state index contributed by atoms with van der Waals surface area (Å²) in [6, 6.07) is 4.96. The van der Waals surface area contributed by atoms with Crippen molar-refractivity contribution in [3.63, 3.8) is 0 Å². The molecule has 0 aliphatic carbocycles. The van der Waals surface area contributed by atoms with E-state index in [-0.39, 0.29) is 12.4 Å². The molecule has 0 aliphatic rings. The fourth-order valence-corrected chi connectivity index (χ4v) is 3.92. The van der Waals surface area contributed by atoms with Crippen molar-refractivity contribution in [3.8, 4) is 11.5 Å². The van der Waals surface area contributed by atoms with E-state index in [0.717, 1.165) is 16.9 Å². The number of aromatic amines is 1. The third kappa shape index (κ3) is 4.27. The van der Waals surface area contributed by atoms with E-state index in [9.17, 15) is 9.35 Å². The average molecular weight is 403 g/mol. The Morgan fingerprint density at radius 2 is 2.07 bits per heavy atom. The predicted octanol–water partition coefficient (Wildman–Crippen LogP) is 2.44. The Kier molecular flexibility index (Phi) is 6.18. The van der Waals surface area contributed by atoms with Gasteiger partial charge in [-0.15, -0.1) is 0 Å². The number of hydrogen-bond donors (Lipinski definition) is 1. The van der Waals surface area contributed by atoms with Crippen molar-refractivity contribution in [1.29, 1.82) is 0 Å².